The Hall–Kier alpha value is -4.77. The molecular weight excluding hydrogens is 779 g/mol. The van der Waals surface area contributed by atoms with E-state index in [0.29, 0.717) is 55.1 Å². The van der Waals surface area contributed by atoms with Crippen LogP contribution in [0.5, 0.6) is 11.5 Å². The van der Waals surface area contributed by atoms with E-state index in [2.05, 4.69) is 35.5 Å². The van der Waals surface area contributed by atoms with E-state index in [-0.39, 0.29) is 47.7 Å². The highest BCUT2D eigenvalue weighted by Crippen LogP contribution is 2.55. The number of nitrogens with two attached hydrogens (primary N) is 1. The molecule has 0 amide bonds. The second kappa shape index (κ2) is 20.6. The topological polar surface area (TPSA) is 192 Å². The largest absolute Gasteiger partial charge is 0.508 e. The molecule has 0 radical (unpaired) electrons. The molecule has 0 saturated heterocycles. The Balaban J connectivity index is 1.03. The van der Waals surface area contributed by atoms with Gasteiger partial charge in [-0.1, -0.05) is 106 Å². The maximum Gasteiger partial charge on any atom is 0.309 e. The first-order chi connectivity index (χ1) is 29.9. The first-order valence-corrected chi connectivity index (χ1v) is 23.3. The quantitative estimate of drug-likeness (QED) is 0.0396. The number of hydrogen-bond acceptors (Lipinski definition) is 8. The van der Waals surface area contributed by atoms with E-state index < -0.39 is 29.5 Å². The van der Waals surface area contributed by atoms with Gasteiger partial charge in [-0.05, 0) is 105 Å². The Morgan fingerprint density at radius 3 is 2.50 bits per heavy atom. The number of unbranched alkanes of at least 4 members (excludes halogenated alkanes) is 4. The molecular formula is C52H69N3O7. The number of aromatic nitrogens is 1. The first kappa shape index (κ1) is 45.3. The summed E-state index contributed by atoms with van der Waals surface area (Å²) in [5.74, 6) is -1.64. The van der Waals surface area contributed by atoms with Crippen molar-refractivity contribution in [3.8, 4) is 22.8 Å². The fraction of sp³-hybridized carbons (Fsp3) is 0.519. The van der Waals surface area contributed by atoms with E-state index >= 15 is 0 Å². The van der Waals surface area contributed by atoms with E-state index in [1.54, 1.807) is 6.07 Å². The molecule has 1 aromatic heterocycles. The number of aliphatic hydroxyl groups excluding tert-OH is 2. The van der Waals surface area contributed by atoms with Gasteiger partial charge >= 0.3 is 5.97 Å². The minimum absolute atomic E-state index is 0.0127. The molecule has 1 fully saturated rings. The predicted molar refractivity (Wildman–Crippen MR) is 244 cm³/mol. The van der Waals surface area contributed by atoms with Crippen LogP contribution in [0.2, 0.25) is 0 Å². The number of dihydropyridines is 1. The van der Waals surface area contributed by atoms with Crippen LogP contribution in [0.25, 0.3) is 11.3 Å². The van der Waals surface area contributed by atoms with Crippen LogP contribution in [0.3, 0.4) is 0 Å². The number of aromatic hydroxyl groups is 2. The van der Waals surface area contributed by atoms with Crippen molar-refractivity contribution in [2.75, 3.05) is 6.54 Å². The zero-order chi connectivity index (χ0) is 43.8. The Morgan fingerprint density at radius 2 is 1.74 bits per heavy atom. The molecule has 10 heteroatoms. The number of carboxylic acids is 1. The van der Waals surface area contributed by atoms with Gasteiger partial charge in [0.25, 0.3) is 0 Å². The number of carboxylic acid groups (broad SMARTS) is 1. The van der Waals surface area contributed by atoms with Crippen LogP contribution in [-0.2, 0) is 17.6 Å². The van der Waals surface area contributed by atoms with Crippen LogP contribution in [-0.4, -0.2) is 65.9 Å². The molecule has 1 aliphatic heterocycles. The summed E-state index contributed by atoms with van der Waals surface area (Å²) in [7, 11) is 0. The van der Waals surface area contributed by atoms with Crippen LogP contribution in [0.15, 0.2) is 102 Å². The number of nitrogens with one attached hydrogen (secondary N) is 2. The monoisotopic (exact) mass is 848 g/mol. The molecule has 0 unspecified atom stereocenters. The number of aliphatic carboxylic acids is 1. The van der Waals surface area contributed by atoms with E-state index in [4.69, 9.17) is 5.73 Å². The Kier molecular flexibility index (Phi) is 15.0. The molecule has 3 aliphatic carbocycles. The van der Waals surface area contributed by atoms with Crippen LogP contribution in [0.4, 0.5) is 0 Å². The Morgan fingerprint density at radius 1 is 0.935 bits per heavy atom. The van der Waals surface area contributed by atoms with E-state index in [9.17, 15) is 35.4 Å². The average molecular weight is 848 g/mol. The lowest BCUT2D eigenvalue weighted by atomic mass is 9.68. The van der Waals surface area contributed by atoms with Gasteiger partial charge in [0.05, 0.1) is 29.5 Å². The molecule has 334 valence electrons. The maximum atomic E-state index is 12.9. The third-order valence-electron chi connectivity index (χ3n) is 14.5. The summed E-state index contributed by atoms with van der Waals surface area (Å²) in [5, 5.41) is 70.6. The van der Waals surface area contributed by atoms with Crippen LogP contribution in [0, 0.1) is 41.4 Å². The number of benzene rings is 2. The number of allylic oxidation sites excluding steroid dienone is 3. The first-order valence-electron chi connectivity index (χ1n) is 23.3. The van der Waals surface area contributed by atoms with Gasteiger partial charge in [-0.2, -0.15) is 0 Å². The summed E-state index contributed by atoms with van der Waals surface area (Å²) in [4.78, 5) is 16.3. The summed E-state index contributed by atoms with van der Waals surface area (Å²) < 4.78 is 0. The molecule has 10 N–H and O–H groups in total. The number of rotatable bonds is 20. The van der Waals surface area contributed by atoms with Crippen molar-refractivity contribution in [3.05, 3.63) is 119 Å². The van der Waals surface area contributed by atoms with Crippen molar-refractivity contribution in [2.45, 2.75) is 121 Å². The fourth-order valence-corrected chi connectivity index (χ4v) is 11.2. The van der Waals surface area contributed by atoms with Gasteiger partial charge in [0.2, 0.25) is 0 Å². The number of H-pyrrole nitrogens is 1. The van der Waals surface area contributed by atoms with E-state index in [1.807, 2.05) is 60.7 Å². The maximum absolute atomic E-state index is 12.9. The lowest BCUT2D eigenvalue weighted by molar-refractivity contribution is -0.148. The minimum Gasteiger partial charge on any atom is -0.508 e. The molecule has 4 aliphatic rings. The van der Waals surface area contributed by atoms with Crippen molar-refractivity contribution in [1.29, 1.82) is 0 Å². The molecule has 0 spiro atoms. The van der Waals surface area contributed by atoms with Crippen molar-refractivity contribution < 1.29 is 35.4 Å². The third kappa shape index (κ3) is 10.9. The van der Waals surface area contributed by atoms with Crippen molar-refractivity contribution in [1.82, 2.24) is 10.3 Å². The number of carbonyl (C=O) groups is 1. The second-order valence-electron chi connectivity index (χ2n) is 18.9. The van der Waals surface area contributed by atoms with Crippen LogP contribution in [0.1, 0.15) is 107 Å². The average Bonchev–Trinajstić information content (AvgIpc) is 3.82. The molecule has 7 rings (SSSR count). The summed E-state index contributed by atoms with van der Waals surface area (Å²) >= 11 is 0. The summed E-state index contributed by atoms with van der Waals surface area (Å²) in [5.41, 5.74) is 10.1. The molecule has 2 aromatic carbocycles. The zero-order valence-electron chi connectivity index (χ0n) is 36.3. The van der Waals surface area contributed by atoms with Gasteiger partial charge < -0.3 is 46.7 Å². The normalized spacial score (nSPS) is 27.8. The van der Waals surface area contributed by atoms with Crippen molar-refractivity contribution >= 4 is 5.97 Å². The van der Waals surface area contributed by atoms with Gasteiger partial charge in [-0.25, -0.2) is 0 Å². The highest BCUT2D eigenvalue weighted by Gasteiger charge is 2.56. The Bertz CT molecular complexity index is 2090. The molecule has 10 atom stereocenters. The highest BCUT2D eigenvalue weighted by atomic mass is 16.4. The number of hydrogen-bond donors (Lipinski definition) is 9. The van der Waals surface area contributed by atoms with Crippen molar-refractivity contribution in [3.63, 3.8) is 0 Å². The zero-order valence-corrected chi connectivity index (χ0v) is 36.3. The van der Waals surface area contributed by atoms with Gasteiger partial charge in [0.1, 0.15) is 11.5 Å². The molecule has 2 heterocycles. The molecule has 10 nitrogen and oxygen atoms in total. The summed E-state index contributed by atoms with van der Waals surface area (Å²) in [6, 6.07) is 16.8. The smallest absolute Gasteiger partial charge is 0.309 e. The highest BCUT2D eigenvalue weighted by molar-refractivity contribution is 5.71. The minimum atomic E-state index is -1.20. The van der Waals surface area contributed by atoms with Crippen LogP contribution < -0.4 is 11.1 Å². The third-order valence-corrected chi connectivity index (χ3v) is 14.5. The SMILES string of the molecule is CCCCC[C@@H]1C=C[C@@H](CCCCC[C@H](C(=O)O)[C@H](O)[C@@H]2C=C[C@H]3[C@@H](CC4=CCNC(N)=C4)C[C@@H](Cc4ccc(-c5cc(O)cc(O)c5Cc5ccccc5)[nH]4)[C@@]3(O)C2)[C@H](O)C1. The predicted octanol–water partition coefficient (Wildman–Crippen LogP) is 8.65. The van der Waals surface area contributed by atoms with E-state index in [1.165, 1.54) is 25.3 Å². The molecule has 3 aromatic rings. The van der Waals surface area contributed by atoms with E-state index in [0.717, 1.165) is 67.5 Å². The van der Waals surface area contributed by atoms with Gasteiger partial charge in [-0.15, -0.1) is 0 Å². The van der Waals surface area contributed by atoms with Gasteiger partial charge in [0, 0.05) is 59.3 Å². The summed E-state index contributed by atoms with van der Waals surface area (Å²) in [6.07, 6.45) is 22.9. The van der Waals surface area contributed by atoms with Gasteiger partial charge in [0.15, 0.2) is 0 Å². The number of phenols is 2. The Labute approximate surface area is 367 Å². The van der Waals surface area contributed by atoms with Crippen LogP contribution >= 0.6 is 0 Å². The standard InChI is InChI=1S/C52H69N3O7/c1-2-3-6-11-34-16-17-36(47(57)26-34)14-9-5-10-15-42(51(60)61)50(59)37-18-20-45-38(24-35-22-23-54-49(53)27-35)28-39(52(45,62)32-37)29-40-19-21-46(55-40)43-30-41(56)31-48(58)44(43)25-33-12-7-4-8-13-33/h4,7-8,12-13,16-22,27,30-31,34,36-39,42,45,47,50,54-59,62H,2-3,5-6,9-11,14-15,23-26,28-29,32,53H2,1H3,(H,60,61)/t34-,36-,37-,38+,39+,42+,45+,47-,50-,52+/m1/s1. The summed E-state index contributed by atoms with van der Waals surface area (Å²) in [6.45, 7) is 2.85. The lowest BCUT2D eigenvalue weighted by Gasteiger charge is -2.42. The molecule has 1 saturated carbocycles. The van der Waals surface area contributed by atoms with Crippen molar-refractivity contribution in [2.24, 2.45) is 47.2 Å². The van der Waals surface area contributed by atoms with Gasteiger partial charge in [-0.3, -0.25) is 4.79 Å². The second-order valence-corrected chi connectivity index (χ2v) is 18.9. The number of phenolic OH excluding ortho intramolecular Hbond substituents is 2. The number of fused-ring (bicyclic) bond motifs is 1. The lowest BCUT2D eigenvalue weighted by Crippen LogP contribution is -2.48. The number of aliphatic hydroxyl groups is 3. The molecule has 62 heavy (non-hydrogen) atoms. The number of aromatic amines is 1. The molecule has 0 bridgehead atoms. The fourth-order valence-electron chi connectivity index (χ4n) is 11.2.